The van der Waals surface area contributed by atoms with E-state index in [1.165, 1.54) is 13.8 Å². The average molecular weight is 411 g/mol. The second-order valence-electron chi connectivity index (χ2n) is 7.85. The molecular weight excluding hydrogens is 376 g/mol. The Balaban J connectivity index is 2.55. The van der Waals surface area contributed by atoms with Crippen molar-refractivity contribution in [1.82, 2.24) is 0 Å². The van der Waals surface area contributed by atoms with Gasteiger partial charge in [-0.1, -0.05) is 17.7 Å². The molecule has 1 heterocycles. The van der Waals surface area contributed by atoms with E-state index in [-0.39, 0.29) is 25.6 Å². The number of aliphatic hydroxyl groups excluding tert-OH is 2. The third kappa shape index (κ3) is 9.39. The summed E-state index contributed by atoms with van der Waals surface area (Å²) in [6, 6.07) is 0. The summed E-state index contributed by atoms with van der Waals surface area (Å²) in [5.41, 5.74) is 0.976. The fraction of sp³-hybridized carbons (Fsp3) is 0.636. The Morgan fingerprint density at radius 3 is 2.62 bits per heavy atom. The van der Waals surface area contributed by atoms with Crippen molar-refractivity contribution in [2.24, 2.45) is 0 Å². The monoisotopic (exact) mass is 410 g/mol. The summed E-state index contributed by atoms with van der Waals surface area (Å²) in [5.74, 6) is -0.746. The quantitative estimate of drug-likeness (QED) is 0.334. The highest BCUT2D eigenvalue weighted by atomic mass is 16.5. The van der Waals surface area contributed by atoms with E-state index in [1.807, 2.05) is 19.9 Å². The molecule has 7 nitrogen and oxygen atoms in total. The van der Waals surface area contributed by atoms with Crippen molar-refractivity contribution in [2.75, 3.05) is 13.2 Å². The number of esters is 2. The topological polar surface area (TPSA) is 113 Å². The van der Waals surface area contributed by atoms with Gasteiger partial charge in [0.25, 0.3) is 0 Å². The van der Waals surface area contributed by atoms with Crippen LogP contribution in [0.1, 0.15) is 59.8 Å². The van der Waals surface area contributed by atoms with Crippen molar-refractivity contribution in [2.45, 2.75) is 77.6 Å². The molecule has 0 fully saturated rings. The molecule has 0 saturated heterocycles. The largest absolute Gasteiger partial charge is 0.461 e. The van der Waals surface area contributed by atoms with Crippen molar-refractivity contribution < 1.29 is 34.4 Å². The standard InChI is InChI=1S/C22H34O7/c1-15(10-11-23)8-9-20(25)22(4,27)13-19-12-18(21(26)29-19)7-5-6-16(2)14-28-17(3)24/h6,10,12,19-20,23,25,27H,5,7-9,11,13-14H2,1-4H3. The van der Waals surface area contributed by atoms with Gasteiger partial charge in [-0.3, -0.25) is 4.79 Å². The Morgan fingerprint density at radius 1 is 1.31 bits per heavy atom. The molecule has 164 valence electrons. The zero-order chi connectivity index (χ0) is 22.0. The van der Waals surface area contributed by atoms with Crippen LogP contribution in [0, 0.1) is 0 Å². The van der Waals surface area contributed by atoms with Gasteiger partial charge in [0.15, 0.2) is 0 Å². The molecule has 1 aliphatic rings. The van der Waals surface area contributed by atoms with Crippen LogP contribution in [0.25, 0.3) is 0 Å². The summed E-state index contributed by atoms with van der Waals surface area (Å²) in [4.78, 5) is 22.9. The van der Waals surface area contributed by atoms with Crippen LogP contribution in [-0.2, 0) is 19.1 Å². The maximum atomic E-state index is 12.1. The van der Waals surface area contributed by atoms with E-state index < -0.39 is 23.8 Å². The Labute approximate surface area is 172 Å². The van der Waals surface area contributed by atoms with E-state index in [0.717, 1.165) is 11.1 Å². The normalized spacial score (nSPS) is 20.7. The Morgan fingerprint density at radius 2 is 2.00 bits per heavy atom. The molecule has 0 amide bonds. The van der Waals surface area contributed by atoms with Gasteiger partial charge in [-0.05, 0) is 58.1 Å². The summed E-state index contributed by atoms with van der Waals surface area (Å²) in [6.07, 6.45) is 5.82. The molecule has 29 heavy (non-hydrogen) atoms. The number of carbonyl (C=O) groups excluding carboxylic acids is 2. The lowest BCUT2D eigenvalue weighted by atomic mass is 9.88. The first-order valence-electron chi connectivity index (χ1n) is 9.92. The number of carbonyl (C=O) groups is 2. The van der Waals surface area contributed by atoms with Crippen LogP contribution < -0.4 is 0 Å². The first-order chi connectivity index (χ1) is 13.5. The summed E-state index contributed by atoms with van der Waals surface area (Å²) < 4.78 is 10.2. The number of ether oxygens (including phenoxy) is 2. The van der Waals surface area contributed by atoms with Gasteiger partial charge in [0.1, 0.15) is 12.7 Å². The SMILES string of the molecule is CC(=O)OCC(C)=CCCC1=CC(CC(C)(O)C(O)CCC(C)=CCO)OC1=O. The van der Waals surface area contributed by atoms with Gasteiger partial charge in [-0.25, -0.2) is 4.79 Å². The Kier molecular flexibility index (Phi) is 10.3. The summed E-state index contributed by atoms with van der Waals surface area (Å²) in [6.45, 7) is 6.77. The number of aliphatic hydroxyl groups is 3. The van der Waals surface area contributed by atoms with Crippen molar-refractivity contribution >= 4 is 11.9 Å². The molecule has 0 radical (unpaired) electrons. The zero-order valence-corrected chi connectivity index (χ0v) is 17.8. The van der Waals surface area contributed by atoms with E-state index in [9.17, 15) is 19.8 Å². The second-order valence-corrected chi connectivity index (χ2v) is 7.85. The van der Waals surface area contributed by atoms with Crippen LogP contribution in [0.5, 0.6) is 0 Å². The molecule has 0 bridgehead atoms. The third-order valence-electron chi connectivity index (χ3n) is 4.90. The second kappa shape index (κ2) is 11.9. The predicted octanol–water partition coefficient (Wildman–Crippen LogP) is 2.35. The molecule has 1 aliphatic heterocycles. The van der Waals surface area contributed by atoms with Crippen LogP contribution >= 0.6 is 0 Å². The van der Waals surface area contributed by atoms with Gasteiger partial charge >= 0.3 is 11.9 Å². The van der Waals surface area contributed by atoms with Gasteiger partial charge in [0.05, 0.1) is 18.3 Å². The molecule has 0 saturated carbocycles. The third-order valence-corrected chi connectivity index (χ3v) is 4.90. The molecule has 7 heteroatoms. The first-order valence-corrected chi connectivity index (χ1v) is 9.92. The molecule has 0 aromatic heterocycles. The predicted molar refractivity (Wildman–Crippen MR) is 109 cm³/mol. The lowest BCUT2D eigenvalue weighted by molar-refractivity contribution is -0.144. The van der Waals surface area contributed by atoms with Crippen molar-refractivity contribution in [3.8, 4) is 0 Å². The lowest BCUT2D eigenvalue weighted by Gasteiger charge is -2.30. The molecule has 3 N–H and O–H groups in total. The molecule has 0 spiro atoms. The number of allylic oxidation sites excluding steroid dienone is 2. The van der Waals surface area contributed by atoms with Crippen molar-refractivity contribution in [3.05, 3.63) is 34.9 Å². The van der Waals surface area contributed by atoms with Crippen LogP contribution in [0.4, 0.5) is 0 Å². The molecule has 3 unspecified atom stereocenters. The average Bonchev–Trinajstić information content (AvgIpc) is 2.96. The highest BCUT2D eigenvalue weighted by Gasteiger charge is 2.36. The van der Waals surface area contributed by atoms with Crippen LogP contribution in [-0.4, -0.2) is 58.3 Å². The maximum absolute atomic E-state index is 12.1. The number of cyclic esters (lactones) is 1. The molecule has 1 rings (SSSR count). The summed E-state index contributed by atoms with van der Waals surface area (Å²) in [5, 5.41) is 29.8. The van der Waals surface area contributed by atoms with E-state index >= 15 is 0 Å². The number of hydrogen-bond acceptors (Lipinski definition) is 7. The Bertz CT molecular complexity index is 658. The highest BCUT2D eigenvalue weighted by Crippen LogP contribution is 2.28. The van der Waals surface area contributed by atoms with E-state index in [4.69, 9.17) is 14.6 Å². The molecule has 0 aliphatic carbocycles. The van der Waals surface area contributed by atoms with E-state index in [0.29, 0.717) is 31.3 Å². The smallest absolute Gasteiger partial charge is 0.334 e. The van der Waals surface area contributed by atoms with Gasteiger partial charge in [0, 0.05) is 18.9 Å². The van der Waals surface area contributed by atoms with E-state index in [2.05, 4.69) is 0 Å². The zero-order valence-electron chi connectivity index (χ0n) is 17.8. The number of rotatable bonds is 12. The van der Waals surface area contributed by atoms with Crippen molar-refractivity contribution in [3.63, 3.8) is 0 Å². The fourth-order valence-corrected chi connectivity index (χ4v) is 3.05. The van der Waals surface area contributed by atoms with E-state index in [1.54, 1.807) is 12.2 Å². The minimum Gasteiger partial charge on any atom is -0.461 e. The van der Waals surface area contributed by atoms with Gasteiger partial charge in [-0.2, -0.15) is 0 Å². The molecule has 0 aromatic rings. The molecular formula is C22H34O7. The lowest BCUT2D eigenvalue weighted by Crippen LogP contribution is -2.42. The molecule has 3 atom stereocenters. The molecule has 0 aromatic carbocycles. The van der Waals surface area contributed by atoms with Gasteiger partial charge < -0.3 is 24.8 Å². The van der Waals surface area contributed by atoms with Crippen molar-refractivity contribution in [1.29, 1.82) is 0 Å². The fourth-order valence-electron chi connectivity index (χ4n) is 3.05. The van der Waals surface area contributed by atoms with Crippen LogP contribution in [0.2, 0.25) is 0 Å². The van der Waals surface area contributed by atoms with Crippen LogP contribution in [0.15, 0.2) is 34.9 Å². The summed E-state index contributed by atoms with van der Waals surface area (Å²) in [7, 11) is 0. The Hall–Kier alpha value is -1.96. The summed E-state index contributed by atoms with van der Waals surface area (Å²) >= 11 is 0. The van der Waals surface area contributed by atoms with Crippen LogP contribution in [0.3, 0.4) is 0 Å². The first kappa shape index (κ1) is 25.1. The van der Waals surface area contributed by atoms with Gasteiger partial charge in [0.2, 0.25) is 0 Å². The highest BCUT2D eigenvalue weighted by molar-refractivity contribution is 5.90. The number of hydrogen-bond donors (Lipinski definition) is 3. The minimum atomic E-state index is -1.41. The minimum absolute atomic E-state index is 0.0532. The van der Waals surface area contributed by atoms with Gasteiger partial charge in [-0.15, -0.1) is 0 Å². The maximum Gasteiger partial charge on any atom is 0.334 e.